The van der Waals surface area contributed by atoms with Crippen LogP contribution in [0.2, 0.25) is 0 Å². The molecular weight excluding hydrogens is 544 g/mol. The standard InChI is InChI=1S/C32H37F2N3O5/c1-4-35-31(41)29(19(2)3)37-28(39)18-27(38)26(16-20-14-22(33)17-23(34)15-20)36-32(42)30(40)25-13-9-8-12-24(25)21-10-6-5-7-11-21/h5-15,17,19,26-27,29-30,38,40H,4,16,18H2,1-3H3,(H,35,41)(H,36,42)(H,37,39)/t26-,27-,29-,30?/m0/s1. The van der Waals surface area contributed by atoms with Crippen LogP contribution in [0.1, 0.15) is 44.4 Å². The van der Waals surface area contributed by atoms with E-state index in [0.717, 1.165) is 17.7 Å². The van der Waals surface area contributed by atoms with Gasteiger partial charge in [0.2, 0.25) is 11.8 Å². The van der Waals surface area contributed by atoms with Crippen molar-refractivity contribution in [3.05, 3.63) is 95.6 Å². The molecule has 8 nitrogen and oxygen atoms in total. The second kappa shape index (κ2) is 15.2. The summed E-state index contributed by atoms with van der Waals surface area (Å²) in [4.78, 5) is 38.5. The molecule has 42 heavy (non-hydrogen) atoms. The normalized spacial score (nSPS) is 14.0. The van der Waals surface area contributed by atoms with E-state index in [0.29, 0.717) is 23.7 Å². The first-order chi connectivity index (χ1) is 20.0. The molecule has 0 aromatic heterocycles. The van der Waals surface area contributed by atoms with Crippen LogP contribution in [-0.2, 0) is 20.8 Å². The van der Waals surface area contributed by atoms with Crippen molar-refractivity contribution in [2.75, 3.05) is 6.54 Å². The molecule has 4 atom stereocenters. The fraction of sp³-hybridized carbons (Fsp3) is 0.344. The molecule has 3 amide bonds. The Morgan fingerprint density at radius 3 is 2.07 bits per heavy atom. The van der Waals surface area contributed by atoms with Crippen molar-refractivity contribution in [1.29, 1.82) is 0 Å². The van der Waals surface area contributed by atoms with Crippen molar-refractivity contribution < 1.29 is 33.4 Å². The second-order valence-electron chi connectivity index (χ2n) is 10.4. The lowest BCUT2D eigenvalue weighted by molar-refractivity contribution is -0.133. The van der Waals surface area contributed by atoms with Crippen LogP contribution in [0.15, 0.2) is 72.8 Å². The fourth-order valence-electron chi connectivity index (χ4n) is 4.67. The van der Waals surface area contributed by atoms with E-state index in [1.165, 1.54) is 0 Å². The molecule has 3 aromatic rings. The number of benzene rings is 3. The number of aliphatic hydroxyl groups excluding tert-OH is 2. The highest BCUT2D eigenvalue weighted by atomic mass is 19.1. The van der Waals surface area contributed by atoms with Crippen LogP contribution in [0.3, 0.4) is 0 Å². The maximum Gasteiger partial charge on any atom is 0.253 e. The number of carbonyl (C=O) groups is 3. The zero-order chi connectivity index (χ0) is 30.8. The topological polar surface area (TPSA) is 128 Å². The lowest BCUT2D eigenvalue weighted by Gasteiger charge is -2.27. The highest BCUT2D eigenvalue weighted by Crippen LogP contribution is 2.28. The first-order valence-corrected chi connectivity index (χ1v) is 13.8. The number of likely N-dealkylation sites (N-methyl/N-ethyl adjacent to an activating group) is 1. The number of aliphatic hydroxyl groups is 2. The predicted molar refractivity (Wildman–Crippen MR) is 155 cm³/mol. The molecular formula is C32H37F2N3O5. The maximum absolute atomic E-state index is 13.9. The first-order valence-electron chi connectivity index (χ1n) is 13.8. The molecule has 0 bridgehead atoms. The van der Waals surface area contributed by atoms with E-state index in [9.17, 15) is 33.4 Å². The zero-order valence-corrected chi connectivity index (χ0v) is 23.8. The molecule has 0 aliphatic carbocycles. The lowest BCUT2D eigenvalue weighted by atomic mass is 9.94. The minimum Gasteiger partial charge on any atom is -0.390 e. The van der Waals surface area contributed by atoms with Gasteiger partial charge in [-0.3, -0.25) is 14.4 Å². The van der Waals surface area contributed by atoms with Gasteiger partial charge >= 0.3 is 0 Å². The summed E-state index contributed by atoms with van der Waals surface area (Å²) in [6, 6.07) is 16.7. The van der Waals surface area contributed by atoms with Crippen LogP contribution in [0.25, 0.3) is 11.1 Å². The maximum atomic E-state index is 13.9. The smallest absolute Gasteiger partial charge is 0.253 e. The van der Waals surface area contributed by atoms with E-state index in [4.69, 9.17) is 0 Å². The van der Waals surface area contributed by atoms with Crippen molar-refractivity contribution >= 4 is 17.7 Å². The minimum atomic E-state index is -1.66. The Kier molecular flexibility index (Phi) is 11.7. The third-order valence-electron chi connectivity index (χ3n) is 6.77. The van der Waals surface area contributed by atoms with Gasteiger partial charge in [0.15, 0.2) is 6.10 Å². The molecule has 0 heterocycles. The Bertz CT molecular complexity index is 1350. The van der Waals surface area contributed by atoms with Gasteiger partial charge in [0.1, 0.15) is 17.7 Å². The van der Waals surface area contributed by atoms with E-state index in [1.807, 2.05) is 30.3 Å². The number of amides is 3. The van der Waals surface area contributed by atoms with Gasteiger partial charge in [-0.05, 0) is 53.6 Å². The third kappa shape index (κ3) is 8.92. The number of carbonyl (C=O) groups excluding carboxylic acids is 3. The van der Waals surface area contributed by atoms with Gasteiger partial charge in [-0.15, -0.1) is 0 Å². The van der Waals surface area contributed by atoms with Gasteiger partial charge in [0.25, 0.3) is 5.91 Å². The Morgan fingerprint density at radius 2 is 1.45 bits per heavy atom. The molecule has 0 aliphatic rings. The van der Waals surface area contributed by atoms with Crippen molar-refractivity contribution in [2.24, 2.45) is 5.92 Å². The van der Waals surface area contributed by atoms with Crippen molar-refractivity contribution in [2.45, 2.75) is 57.9 Å². The van der Waals surface area contributed by atoms with Crippen molar-refractivity contribution in [3.8, 4) is 11.1 Å². The Hall–Kier alpha value is -4.15. The number of halogens is 2. The minimum absolute atomic E-state index is 0.124. The number of rotatable bonds is 13. The fourth-order valence-corrected chi connectivity index (χ4v) is 4.67. The Morgan fingerprint density at radius 1 is 0.833 bits per heavy atom. The molecule has 1 unspecified atom stereocenters. The summed E-state index contributed by atoms with van der Waals surface area (Å²) in [5.41, 5.74) is 1.83. The molecule has 5 N–H and O–H groups in total. The molecule has 0 fully saturated rings. The molecule has 0 saturated heterocycles. The first kappa shape index (κ1) is 32.4. The van der Waals surface area contributed by atoms with E-state index in [2.05, 4.69) is 16.0 Å². The lowest BCUT2D eigenvalue weighted by Crippen LogP contribution is -2.52. The molecule has 0 spiro atoms. The van der Waals surface area contributed by atoms with Gasteiger partial charge in [-0.25, -0.2) is 8.78 Å². The van der Waals surface area contributed by atoms with E-state index in [-0.39, 0.29) is 23.8 Å². The average Bonchev–Trinajstić information content (AvgIpc) is 2.95. The summed E-state index contributed by atoms with van der Waals surface area (Å²) in [6.45, 7) is 5.63. The van der Waals surface area contributed by atoms with Crippen LogP contribution in [0.5, 0.6) is 0 Å². The van der Waals surface area contributed by atoms with Crippen LogP contribution in [-0.4, -0.2) is 52.7 Å². The molecule has 3 rings (SSSR count). The zero-order valence-electron chi connectivity index (χ0n) is 23.8. The van der Waals surface area contributed by atoms with Crippen LogP contribution >= 0.6 is 0 Å². The molecule has 0 aliphatic heterocycles. The second-order valence-corrected chi connectivity index (χ2v) is 10.4. The monoisotopic (exact) mass is 581 g/mol. The molecule has 224 valence electrons. The van der Waals surface area contributed by atoms with E-state index in [1.54, 1.807) is 45.0 Å². The molecule has 10 heteroatoms. The van der Waals surface area contributed by atoms with Crippen LogP contribution in [0.4, 0.5) is 8.78 Å². The van der Waals surface area contributed by atoms with E-state index < -0.39 is 54.2 Å². The molecule has 0 saturated carbocycles. The summed E-state index contributed by atoms with van der Waals surface area (Å²) >= 11 is 0. The Labute approximate surface area is 244 Å². The van der Waals surface area contributed by atoms with Gasteiger partial charge in [-0.1, -0.05) is 68.4 Å². The molecule has 3 aromatic carbocycles. The number of hydrogen-bond acceptors (Lipinski definition) is 5. The van der Waals surface area contributed by atoms with Crippen molar-refractivity contribution in [1.82, 2.24) is 16.0 Å². The Balaban J connectivity index is 1.83. The quantitative estimate of drug-likeness (QED) is 0.211. The average molecular weight is 582 g/mol. The van der Waals surface area contributed by atoms with Crippen LogP contribution < -0.4 is 16.0 Å². The molecule has 0 radical (unpaired) electrons. The highest BCUT2D eigenvalue weighted by Gasteiger charge is 2.30. The largest absolute Gasteiger partial charge is 0.390 e. The van der Waals surface area contributed by atoms with Crippen molar-refractivity contribution in [3.63, 3.8) is 0 Å². The number of nitrogens with one attached hydrogen (secondary N) is 3. The summed E-state index contributed by atoms with van der Waals surface area (Å²) < 4.78 is 27.9. The number of hydrogen-bond donors (Lipinski definition) is 5. The van der Waals surface area contributed by atoms with Gasteiger partial charge in [-0.2, -0.15) is 0 Å². The summed E-state index contributed by atoms with van der Waals surface area (Å²) in [5, 5.41) is 29.9. The highest BCUT2D eigenvalue weighted by molar-refractivity contribution is 5.88. The van der Waals surface area contributed by atoms with E-state index >= 15 is 0 Å². The third-order valence-corrected chi connectivity index (χ3v) is 6.77. The predicted octanol–water partition coefficient (Wildman–Crippen LogP) is 3.42. The van der Waals surface area contributed by atoms with Crippen LogP contribution in [0, 0.1) is 17.6 Å². The summed E-state index contributed by atoms with van der Waals surface area (Å²) in [6.07, 6.45) is -3.95. The van der Waals surface area contributed by atoms with Gasteiger partial charge in [0, 0.05) is 12.6 Å². The summed E-state index contributed by atoms with van der Waals surface area (Å²) in [7, 11) is 0. The van der Waals surface area contributed by atoms with Gasteiger partial charge in [0.05, 0.1) is 18.6 Å². The SMILES string of the molecule is CCNC(=O)[C@@H](NC(=O)C[C@H](O)[C@H](Cc1cc(F)cc(F)c1)NC(=O)C(O)c1ccccc1-c1ccccc1)C(C)C. The van der Waals surface area contributed by atoms with Gasteiger partial charge < -0.3 is 26.2 Å². The summed E-state index contributed by atoms with van der Waals surface area (Å²) in [5.74, 6) is -3.85.